The number of hydrogen-bond donors (Lipinski definition) is 1. The molecule has 1 aliphatic rings. The molecule has 1 unspecified atom stereocenters. The predicted molar refractivity (Wildman–Crippen MR) is 73.5 cm³/mol. The highest BCUT2D eigenvalue weighted by atomic mass is 16.6. The molecule has 6 heteroatoms. The van der Waals surface area contributed by atoms with Gasteiger partial charge < -0.3 is 4.74 Å². The molecule has 1 N–H and O–H groups in total. The summed E-state index contributed by atoms with van der Waals surface area (Å²) in [5.41, 5.74) is 0.859. The van der Waals surface area contributed by atoms with Crippen molar-refractivity contribution in [3.05, 3.63) is 33.9 Å². The lowest BCUT2D eigenvalue weighted by atomic mass is 10.2. The summed E-state index contributed by atoms with van der Waals surface area (Å²) in [6.45, 7) is 2.20. The van der Waals surface area contributed by atoms with E-state index in [0.717, 1.165) is 18.4 Å². The van der Waals surface area contributed by atoms with Crippen molar-refractivity contribution < 1.29 is 9.66 Å². The third-order valence-electron chi connectivity index (χ3n) is 3.22. The molecule has 0 radical (unpaired) electrons. The Hall–Kier alpha value is -2.13. The van der Waals surface area contributed by atoms with Crippen LogP contribution in [0.1, 0.15) is 24.8 Å². The van der Waals surface area contributed by atoms with Gasteiger partial charge >= 0.3 is 0 Å². The van der Waals surface area contributed by atoms with Gasteiger partial charge in [0.1, 0.15) is 5.75 Å². The number of nitriles is 1. The number of nitro benzene ring substituents is 1. The van der Waals surface area contributed by atoms with Crippen molar-refractivity contribution in [2.45, 2.75) is 38.3 Å². The second-order valence-corrected chi connectivity index (χ2v) is 4.97. The molecule has 0 spiro atoms. The summed E-state index contributed by atoms with van der Waals surface area (Å²) in [6.07, 6.45) is 2.82. The van der Waals surface area contributed by atoms with Crippen molar-refractivity contribution in [3.63, 3.8) is 0 Å². The van der Waals surface area contributed by atoms with Gasteiger partial charge in [0, 0.05) is 18.5 Å². The quantitative estimate of drug-likeness (QED) is 0.609. The average molecular weight is 275 g/mol. The molecule has 106 valence electrons. The summed E-state index contributed by atoms with van der Waals surface area (Å²) in [5.74, 6) is 0.502. The fourth-order valence-electron chi connectivity index (χ4n) is 1.86. The SMILES string of the molecule is Cc1ccc([N+](=O)[O-])cc1OCCC(C#N)NC1CC1. The molecule has 0 aliphatic heterocycles. The van der Waals surface area contributed by atoms with Crippen LogP contribution in [-0.4, -0.2) is 23.6 Å². The summed E-state index contributed by atoms with van der Waals surface area (Å²) >= 11 is 0. The normalized spacial score (nSPS) is 15.4. The van der Waals surface area contributed by atoms with Crippen LogP contribution in [0.2, 0.25) is 0 Å². The van der Waals surface area contributed by atoms with Gasteiger partial charge in [-0.05, 0) is 31.4 Å². The van der Waals surface area contributed by atoms with Crippen LogP contribution < -0.4 is 10.1 Å². The van der Waals surface area contributed by atoms with Crippen LogP contribution in [0.5, 0.6) is 5.75 Å². The van der Waals surface area contributed by atoms with Crippen molar-refractivity contribution in [2.75, 3.05) is 6.61 Å². The number of rotatable bonds is 7. The molecule has 20 heavy (non-hydrogen) atoms. The first kappa shape index (κ1) is 14.3. The van der Waals surface area contributed by atoms with Crippen LogP contribution in [-0.2, 0) is 0 Å². The molecule has 2 rings (SSSR count). The van der Waals surface area contributed by atoms with E-state index in [1.54, 1.807) is 6.07 Å². The molecular weight excluding hydrogens is 258 g/mol. The molecule has 0 aromatic heterocycles. The largest absolute Gasteiger partial charge is 0.493 e. The zero-order valence-corrected chi connectivity index (χ0v) is 11.3. The van der Waals surface area contributed by atoms with Crippen molar-refractivity contribution in [3.8, 4) is 11.8 Å². The maximum Gasteiger partial charge on any atom is 0.273 e. The van der Waals surface area contributed by atoms with Crippen LogP contribution in [0.3, 0.4) is 0 Å². The summed E-state index contributed by atoms with van der Waals surface area (Å²) in [7, 11) is 0. The Labute approximate surface area is 117 Å². The molecule has 0 heterocycles. The fraction of sp³-hybridized carbons (Fsp3) is 0.500. The highest BCUT2D eigenvalue weighted by Crippen LogP contribution is 2.24. The van der Waals surface area contributed by atoms with E-state index in [1.807, 2.05) is 6.92 Å². The molecule has 1 aliphatic carbocycles. The van der Waals surface area contributed by atoms with E-state index in [0.29, 0.717) is 24.8 Å². The van der Waals surface area contributed by atoms with Gasteiger partial charge in [-0.3, -0.25) is 15.4 Å². The monoisotopic (exact) mass is 275 g/mol. The first-order valence-corrected chi connectivity index (χ1v) is 6.63. The number of nitro groups is 1. The summed E-state index contributed by atoms with van der Waals surface area (Å²) < 4.78 is 5.57. The number of ether oxygens (including phenoxy) is 1. The maximum absolute atomic E-state index is 10.7. The number of nitrogens with one attached hydrogen (secondary N) is 1. The number of aryl methyl sites for hydroxylation is 1. The number of benzene rings is 1. The zero-order valence-electron chi connectivity index (χ0n) is 11.3. The van der Waals surface area contributed by atoms with Gasteiger partial charge in [0.25, 0.3) is 5.69 Å². The highest BCUT2D eigenvalue weighted by molar-refractivity contribution is 5.43. The topological polar surface area (TPSA) is 88.2 Å². The van der Waals surface area contributed by atoms with E-state index < -0.39 is 4.92 Å². The average Bonchev–Trinajstić information content (AvgIpc) is 3.23. The lowest BCUT2D eigenvalue weighted by Crippen LogP contribution is -2.31. The van der Waals surface area contributed by atoms with Gasteiger partial charge in [0.15, 0.2) is 0 Å². The third-order valence-corrected chi connectivity index (χ3v) is 3.22. The minimum atomic E-state index is -0.445. The first-order valence-electron chi connectivity index (χ1n) is 6.63. The van der Waals surface area contributed by atoms with Crippen molar-refractivity contribution in [2.24, 2.45) is 0 Å². The molecule has 1 aromatic rings. The number of non-ortho nitro benzene ring substituents is 1. The van der Waals surface area contributed by atoms with Gasteiger partial charge in [0.2, 0.25) is 0 Å². The van der Waals surface area contributed by atoms with E-state index in [2.05, 4.69) is 11.4 Å². The second kappa shape index (κ2) is 6.35. The van der Waals surface area contributed by atoms with E-state index in [9.17, 15) is 10.1 Å². The molecule has 6 nitrogen and oxygen atoms in total. The van der Waals surface area contributed by atoms with E-state index in [-0.39, 0.29) is 11.7 Å². The minimum Gasteiger partial charge on any atom is -0.493 e. The molecular formula is C14H17N3O3. The number of hydrogen-bond acceptors (Lipinski definition) is 5. The van der Waals surface area contributed by atoms with Crippen molar-refractivity contribution in [1.82, 2.24) is 5.32 Å². The highest BCUT2D eigenvalue weighted by Gasteiger charge is 2.24. The van der Waals surface area contributed by atoms with Gasteiger partial charge in [0.05, 0.1) is 29.7 Å². The van der Waals surface area contributed by atoms with Crippen LogP contribution in [0, 0.1) is 28.4 Å². The Morgan fingerprint density at radius 1 is 1.60 bits per heavy atom. The van der Waals surface area contributed by atoms with Crippen LogP contribution >= 0.6 is 0 Å². The smallest absolute Gasteiger partial charge is 0.273 e. The molecule has 0 saturated heterocycles. The molecule has 1 fully saturated rings. The fourth-order valence-corrected chi connectivity index (χ4v) is 1.86. The van der Waals surface area contributed by atoms with E-state index in [1.165, 1.54) is 12.1 Å². The van der Waals surface area contributed by atoms with E-state index in [4.69, 9.17) is 10.00 Å². The van der Waals surface area contributed by atoms with Gasteiger partial charge in [-0.1, -0.05) is 0 Å². The minimum absolute atomic E-state index is 0.0125. The second-order valence-electron chi connectivity index (χ2n) is 4.97. The van der Waals surface area contributed by atoms with Gasteiger partial charge in [-0.15, -0.1) is 0 Å². The molecule has 1 atom stereocenters. The van der Waals surface area contributed by atoms with Crippen LogP contribution in [0.4, 0.5) is 5.69 Å². The molecule has 0 bridgehead atoms. The number of nitrogens with zero attached hydrogens (tertiary/aromatic N) is 2. The Morgan fingerprint density at radius 2 is 2.35 bits per heavy atom. The standard InChI is InChI=1S/C14H17N3O3/c1-10-2-5-13(17(18)19)8-14(10)20-7-6-12(9-15)16-11-3-4-11/h2,5,8,11-12,16H,3-4,6-7H2,1H3. The van der Waals surface area contributed by atoms with E-state index >= 15 is 0 Å². The maximum atomic E-state index is 10.7. The Bertz CT molecular complexity index is 535. The Morgan fingerprint density at radius 3 is 2.95 bits per heavy atom. The lowest BCUT2D eigenvalue weighted by Gasteiger charge is -2.12. The Balaban J connectivity index is 1.87. The zero-order chi connectivity index (χ0) is 14.5. The van der Waals surface area contributed by atoms with Crippen LogP contribution in [0.25, 0.3) is 0 Å². The summed E-state index contributed by atoms with van der Waals surface area (Å²) in [5, 5.41) is 23.0. The molecule has 1 saturated carbocycles. The third kappa shape index (κ3) is 3.93. The molecule has 1 aromatic carbocycles. The predicted octanol–water partition coefficient (Wildman–Crippen LogP) is 2.32. The summed E-state index contributed by atoms with van der Waals surface area (Å²) in [6, 6.07) is 6.99. The lowest BCUT2D eigenvalue weighted by molar-refractivity contribution is -0.384. The Kier molecular flexibility index (Phi) is 4.53. The van der Waals surface area contributed by atoms with Gasteiger partial charge in [-0.25, -0.2) is 0 Å². The van der Waals surface area contributed by atoms with Crippen molar-refractivity contribution in [1.29, 1.82) is 5.26 Å². The van der Waals surface area contributed by atoms with Gasteiger partial charge in [-0.2, -0.15) is 5.26 Å². The van der Waals surface area contributed by atoms with Crippen molar-refractivity contribution >= 4 is 5.69 Å². The first-order chi connectivity index (χ1) is 9.60. The summed E-state index contributed by atoms with van der Waals surface area (Å²) in [4.78, 5) is 10.3. The molecule has 0 amide bonds. The van der Waals surface area contributed by atoms with Crippen LogP contribution in [0.15, 0.2) is 18.2 Å².